The molecule has 0 amide bonds. The van der Waals surface area contributed by atoms with Crippen LogP contribution in [0, 0.1) is 0 Å². The van der Waals surface area contributed by atoms with Gasteiger partial charge in [0.2, 0.25) is 0 Å². The van der Waals surface area contributed by atoms with E-state index in [1.807, 2.05) is 0 Å². The van der Waals surface area contributed by atoms with Gasteiger partial charge in [0, 0.05) is 17.1 Å². The number of fused-ring (bicyclic) bond motifs is 8. The minimum atomic E-state index is 1.13. The quantitative estimate of drug-likeness (QED) is 0.152. The van der Waals surface area contributed by atoms with Crippen molar-refractivity contribution in [2.24, 2.45) is 0 Å². The lowest BCUT2D eigenvalue weighted by atomic mass is 9.89. The van der Waals surface area contributed by atoms with Crippen LogP contribution in [0.5, 0.6) is 0 Å². The fourth-order valence-corrected chi connectivity index (χ4v) is 10.2. The Balaban J connectivity index is 1.05. The molecule has 0 fully saturated rings. The van der Waals surface area contributed by atoms with Crippen LogP contribution in [-0.4, -0.2) is 0 Å². The van der Waals surface area contributed by atoms with Gasteiger partial charge in [-0.15, -0.1) is 0 Å². The first kappa shape index (κ1) is 35.5. The summed E-state index contributed by atoms with van der Waals surface area (Å²) in [5.74, 6) is 0. The van der Waals surface area contributed by atoms with E-state index in [2.05, 4.69) is 217 Å². The van der Waals surface area contributed by atoms with Crippen LogP contribution in [0.25, 0.3) is 87.2 Å². The van der Waals surface area contributed by atoms with E-state index >= 15 is 0 Å². The molecule has 11 aromatic carbocycles. The number of rotatable bonds is 6. The number of hydrogen-bond donors (Lipinski definition) is 0. The normalized spacial score (nSPS) is 12.7. The van der Waals surface area contributed by atoms with Gasteiger partial charge in [-0.2, -0.15) is 0 Å². The zero-order chi connectivity index (χ0) is 40.3. The van der Waals surface area contributed by atoms with Crippen molar-refractivity contribution in [1.82, 2.24) is 0 Å². The Labute approximate surface area is 356 Å². The summed E-state index contributed by atoms with van der Waals surface area (Å²) in [7, 11) is 0. The Kier molecular flexibility index (Phi) is 8.52. The SMILES string of the molecule is c1ccc2c(-c3cc(N(c4ccc(-c5cc6ccccc6c6ccccc56)cc4)c4ccc5c(c4)CCCC5)ccc3-c3ccc4c(ccc5ccccc54)c3)cccc2c1. The standard InChI is InChI=1S/C60H43N/c1-2-15-44-37-49(32-26-40(44)12-1)61(48-30-27-43(28-31-48)59-38-45-16-5-8-20-53(45)56-21-9-10-22-58(56)59)50-33-35-55(60(39-50)57-23-11-17-41-13-3-7-19-52(41)57)47-29-34-54-46(36-47)25-24-42-14-4-6-18-51(42)54/h3-11,13-14,16-39H,1-2,12,15H2. The molecule has 1 aliphatic carbocycles. The first-order valence-corrected chi connectivity index (χ1v) is 21.7. The molecule has 0 atom stereocenters. The van der Waals surface area contributed by atoms with E-state index < -0.39 is 0 Å². The van der Waals surface area contributed by atoms with E-state index in [9.17, 15) is 0 Å². The molecule has 0 aromatic heterocycles. The zero-order valence-electron chi connectivity index (χ0n) is 34.0. The summed E-state index contributed by atoms with van der Waals surface area (Å²) in [6.07, 6.45) is 4.79. The van der Waals surface area contributed by atoms with E-state index in [0.29, 0.717) is 0 Å². The highest BCUT2D eigenvalue weighted by atomic mass is 15.1. The summed E-state index contributed by atoms with van der Waals surface area (Å²) in [6.45, 7) is 0. The van der Waals surface area contributed by atoms with E-state index in [1.54, 1.807) is 0 Å². The smallest absolute Gasteiger partial charge is 0.0468 e. The number of benzene rings is 11. The minimum Gasteiger partial charge on any atom is -0.310 e. The summed E-state index contributed by atoms with van der Waals surface area (Å²) in [4.78, 5) is 2.47. The highest BCUT2D eigenvalue weighted by Gasteiger charge is 2.20. The minimum absolute atomic E-state index is 1.13. The Bertz CT molecular complexity index is 3480. The monoisotopic (exact) mass is 777 g/mol. The maximum Gasteiger partial charge on any atom is 0.0468 e. The van der Waals surface area contributed by atoms with Crippen LogP contribution >= 0.6 is 0 Å². The van der Waals surface area contributed by atoms with Crippen molar-refractivity contribution in [3.8, 4) is 33.4 Å². The summed E-state index contributed by atoms with van der Waals surface area (Å²) in [5.41, 5.74) is 13.8. The van der Waals surface area contributed by atoms with Gasteiger partial charge in [-0.25, -0.2) is 0 Å². The van der Waals surface area contributed by atoms with Crippen molar-refractivity contribution in [3.63, 3.8) is 0 Å². The van der Waals surface area contributed by atoms with Crippen molar-refractivity contribution in [1.29, 1.82) is 0 Å². The molecule has 11 aromatic rings. The van der Waals surface area contributed by atoms with Crippen molar-refractivity contribution in [2.75, 3.05) is 4.90 Å². The molecule has 0 aliphatic heterocycles. The number of hydrogen-bond acceptors (Lipinski definition) is 1. The highest BCUT2D eigenvalue weighted by Crippen LogP contribution is 2.45. The van der Waals surface area contributed by atoms with Gasteiger partial charge in [-0.3, -0.25) is 0 Å². The van der Waals surface area contributed by atoms with Gasteiger partial charge in [0.25, 0.3) is 0 Å². The summed E-state index contributed by atoms with van der Waals surface area (Å²) < 4.78 is 0. The van der Waals surface area contributed by atoms with Crippen molar-refractivity contribution in [3.05, 3.63) is 223 Å². The fraction of sp³-hybridized carbons (Fsp3) is 0.0667. The van der Waals surface area contributed by atoms with Crippen LogP contribution in [0.3, 0.4) is 0 Å². The predicted octanol–water partition coefficient (Wildman–Crippen LogP) is 16.8. The van der Waals surface area contributed by atoms with Gasteiger partial charge in [0.15, 0.2) is 0 Å². The molecule has 0 unspecified atom stereocenters. The number of nitrogens with zero attached hydrogens (tertiary/aromatic N) is 1. The number of anilines is 3. The zero-order valence-corrected chi connectivity index (χ0v) is 34.0. The average molecular weight is 778 g/mol. The molecule has 1 heteroatoms. The van der Waals surface area contributed by atoms with Crippen LogP contribution < -0.4 is 4.90 Å². The van der Waals surface area contributed by atoms with Crippen molar-refractivity contribution in [2.45, 2.75) is 25.7 Å². The molecule has 1 nitrogen and oxygen atoms in total. The summed E-state index contributed by atoms with van der Waals surface area (Å²) in [5, 5.41) is 12.7. The second kappa shape index (κ2) is 14.7. The molecule has 0 spiro atoms. The Morgan fingerprint density at radius 1 is 0.262 bits per heavy atom. The second-order valence-corrected chi connectivity index (χ2v) is 16.7. The largest absolute Gasteiger partial charge is 0.310 e. The van der Waals surface area contributed by atoms with Gasteiger partial charge in [0.1, 0.15) is 0 Å². The number of aryl methyl sites for hydroxylation is 2. The molecular weight excluding hydrogens is 735 g/mol. The van der Waals surface area contributed by atoms with Gasteiger partial charge < -0.3 is 4.90 Å². The molecule has 288 valence electrons. The second-order valence-electron chi connectivity index (χ2n) is 16.7. The summed E-state index contributed by atoms with van der Waals surface area (Å²) >= 11 is 0. The van der Waals surface area contributed by atoms with Gasteiger partial charge in [-0.05, 0) is 173 Å². The Hall–Kier alpha value is -7.48. The average Bonchev–Trinajstić information content (AvgIpc) is 3.33. The molecule has 0 bridgehead atoms. The summed E-state index contributed by atoms with van der Waals surface area (Å²) in [6, 6.07) is 79.2. The molecule has 1 aliphatic rings. The van der Waals surface area contributed by atoms with E-state index in [0.717, 1.165) is 24.2 Å². The van der Waals surface area contributed by atoms with Gasteiger partial charge in [0.05, 0.1) is 0 Å². The van der Waals surface area contributed by atoms with Crippen LogP contribution in [0.1, 0.15) is 24.0 Å². The molecular formula is C60H43N. The first-order valence-electron chi connectivity index (χ1n) is 21.7. The van der Waals surface area contributed by atoms with E-state index in [-0.39, 0.29) is 0 Å². The van der Waals surface area contributed by atoms with Crippen molar-refractivity contribution >= 4 is 70.9 Å². The van der Waals surface area contributed by atoms with Crippen molar-refractivity contribution < 1.29 is 0 Å². The van der Waals surface area contributed by atoms with Gasteiger partial charge >= 0.3 is 0 Å². The molecule has 0 saturated heterocycles. The maximum atomic E-state index is 2.47. The van der Waals surface area contributed by atoms with E-state index in [4.69, 9.17) is 0 Å². The predicted molar refractivity (Wildman–Crippen MR) is 262 cm³/mol. The lowest BCUT2D eigenvalue weighted by Crippen LogP contribution is -2.12. The van der Waals surface area contributed by atoms with Crippen LogP contribution in [-0.2, 0) is 12.8 Å². The third kappa shape index (κ3) is 6.16. The third-order valence-corrected chi connectivity index (χ3v) is 13.2. The molecule has 61 heavy (non-hydrogen) atoms. The first-order chi connectivity index (χ1) is 30.2. The highest BCUT2D eigenvalue weighted by molar-refractivity contribution is 6.14. The lowest BCUT2D eigenvalue weighted by molar-refractivity contribution is 0.685. The van der Waals surface area contributed by atoms with E-state index in [1.165, 1.54) is 117 Å². The lowest BCUT2D eigenvalue weighted by Gasteiger charge is -2.29. The fourth-order valence-electron chi connectivity index (χ4n) is 10.2. The Morgan fingerprint density at radius 3 is 1.64 bits per heavy atom. The topological polar surface area (TPSA) is 3.24 Å². The molecule has 0 N–H and O–H groups in total. The van der Waals surface area contributed by atoms with Gasteiger partial charge in [-0.1, -0.05) is 164 Å². The van der Waals surface area contributed by atoms with Crippen LogP contribution in [0.15, 0.2) is 212 Å². The molecule has 0 radical (unpaired) electrons. The maximum absolute atomic E-state index is 2.47. The Morgan fingerprint density at radius 2 is 0.820 bits per heavy atom. The van der Waals surface area contributed by atoms with Crippen LogP contribution in [0.2, 0.25) is 0 Å². The molecule has 0 heterocycles. The third-order valence-electron chi connectivity index (χ3n) is 13.2. The molecule has 12 rings (SSSR count). The molecule has 0 saturated carbocycles. The van der Waals surface area contributed by atoms with Crippen LogP contribution in [0.4, 0.5) is 17.1 Å².